The Bertz CT molecular complexity index is 831. The van der Waals surface area contributed by atoms with Crippen LogP contribution in [0.25, 0.3) is 5.65 Å². The Morgan fingerprint density at radius 1 is 1.42 bits per heavy atom. The second-order valence-corrected chi connectivity index (χ2v) is 6.07. The van der Waals surface area contributed by atoms with Crippen LogP contribution in [0.5, 0.6) is 0 Å². The van der Waals surface area contributed by atoms with Gasteiger partial charge in [-0.05, 0) is 6.07 Å². The number of carbonyl (C=O) groups excluding carboxylic acids is 2. The van der Waals surface area contributed by atoms with Gasteiger partial charge in [0, 0.05) is 18.9 Å². The summed E-state index contributed by atoms with van der Waals surface area (Å²) < 4.78 is 15.5. The van der Waals surface area contributed by atoms with Crippen molar-refractivity contribution in [1.29, 1.82) is 0 Å². The van der Waals surface area contributed by atoms with Gasteiger partial charge in [0.05, 0.1) is 37.0 Å². The van der Waals surface area contributed by atoms with Gasteiger partial charge in [-0.2, -0.15) is 5.10 Å². The van der Waals surface area contributed by atoms with Gasteiger partial charge in [-0.15, -0.1) is 0 Å². The fraction of sp³-hybridized carbons (Fsp3) is 0.429. The number of hydrogen-bond donors (Lipinski definition) is 3. The summed E-state index contributed by atoms with van der Waals surface area (Å²) >= 11 is 0. The Morgan fingerprint density at radius 3 is 2.92 bits per heavy atom. The molecule has 3 amide bonds. The summed E-state index contributed by atoms with van der Waals surface area (Å²) in [4.78, 5) is 29.2. The number of aliphatic hydroxyl groups is 1. The summed E-state index contributed by atoms with van der Waals surface area (Å²) in [5, 5.41) is 18.2. The highest BCUT2D eigenvalue weighted by molar-refractivity contribution is 6.00. The van der Waals surface area contributed by atoms with Crippen molar-refractivity contribution < 1.29 is 19.1 Å². The summed E-state index contributed by atoms with van der Waals surface area (Å²) in [5.41, 5.74) is 0.00667. The van der Waals surface area contributed by atoms with E-state index in [4.69, 9.17) is 5.11 Å². The van der Waals surface area contributed by atoms with Crippen LogP contribution in [0, 0.1) is 0 Å². The molecule has 2 aliphatic heterocycles. The van der Waals surface area contributed by atoms with Crippen molar-refractivity contribution in [2.45, 2.75) is 11.6 Å². The summed E-state index contributed by atoms with van der Waals surface area (Å²) in [6.07, 6.45) is 3.20. The summed E-state index contributed by atoms with van der Waals surface area (Å²) in [5.74, 6) is -1.07. The van der Waals surface area contributed by atoms with Crippen molar-refractivity contribution in [1.82, 2.24) is 25.2 Å². The molecule has 0 spiro atoms. The number of nitrogens with zero attached hydrogens (tertiary/aromatic N) is 4. The largest absolute Gasteiger partial charge is 0.393 e. The number of urea groups is 1. The van der Waals surface area contributed by atoms with Crippen LogP contribution in [0.15, 0.2) is 18.5 Å². The average molecular weight is 334 g/mol. The van der Waals surface area contributed by atoms with E-state index in [-0.39, 0.29) is 19.6 Å². The van der Waals surface area contributed by atoms with Gasteiger partial charge in [0.25, 0.3) is 0 Å². The molecule has 2 aliphatic rings. The minimum Gasteiger partial charge on any atom is -0.393 e. The molecule has 10 heteroatoms. The van der Waals surface area contributed by atoms with Gasteiger partial charge in [-0.25, -0.2) is 18.7 Å². The highest BCUT2D eigenvalue weighted by Crippen LogP contribution is 2.33. The van der Waals surface area contributed by atoms with Crippen LogP contribution in [-0.2, 0) is 4.79 Å². The number of imide groups is 1. The number of aromatic nitrogens is 3. The lowest BCUT2D eigenvalue weighted by atomic mass is 9.96. The number of amides is 3. The number of anilines is 1. The normalized spacial score (nSPS) is 22.9. The molecule has 0 aliphatic carbocycles. The van der Waals surface area contributed by atoms with E-state index in [1.807, 2.05) is 0 Å². The second kappa shape index (κ2) is 5.13. The first kappa shape index (κ1) is 14.8. The second-order valence-electron chi connectivity index (χ2n) is 6.07. The first-order chi connectivity index (χ1) is 11.5. The third-order valence-electron chi connectivity index (χ3n) is 4.31. The number of fused-ring (bicyclic) bond motifs is 1. The molecule has 0 saturated carbocycles. The number of imidazole rings is 1. The minimum absolute atomic E-state index is 0.0447. The third-order valence-corrected chi connectivity index (χ3v) is 4.31. The average Bonchev–Trinajstić information content (AvgIpc) is 2.99. The number of halogens is 1. The van der Waals surface area contributed by atoms with Crippen molar-refractivity contribution >= 4 is 23.3 Å². The maximum absolute atomic E-state index is 14.0. The number of aliphatic hydroxyl groups excluding tert-OH is 1. The summed E-state index contributed by atoms with van der Waals surface area (Å²) in [7, 11) is 0. The molecule has 24 heavy (non-hydrogen) atoms. The monoisotopic (exact) mass is 334 g/mol. The molecule has 3 N–H and O–H groups in total. The number of carbonyl (C=O) groups is 2. The minimum atomic E-state index is -1.62. The molecule has 2 aromatic rings. The van der Waals surface area contributed by atoms with Crippen molar-refractivity contribution in [3.8, 4) is 0 Å². The molecule has 1 unspecified atom stereocenters. The van der Waals surface area contributed by atoms with Gasteiger partial charge >= 0.3 is 6.03 Å². The highest BCUT2D eigenvalue weighted by atomic mass is 19.1. The van der Waals surface area contributed by atoms with E-state index in [0.29, 0.717) is 17.0 Å². The van der Waals surface area contributed by atoms with Crippen molar-refractivity contribution in [3.63, 3.8) is 0 Å². The van der Waals surface area contributed by atoms with E-state index in [2.05, 4.69) is 20.7 Å². The third kappa shape index (κ3) is 2.26. The van der Waals surface area contributed by atoms with E-state index in [1.54, 1.807) is 23.4 Å². The van der Waals surface area contributed by atoms with Crippen LogP contribution < -0.4 is 15.5 Å². The zero-order valence-electron chi connectivity index (χ0n) is 12.6. The Balaban J connectivity index is 1.71. The van der Waals surface area contributed by atoms with Crippen molar-refractivity contribution in [2.24, 2.45) is 0 Å². The van der Waals surface area contributed by atoms with Crippen LogP contribution in [0.1, 0.15) is 11.6 Å². The molecule has 9 nitrogen and oxygen atoms in total. The first-order valence-corrected chi connectivity index (χ1v) is 7.47. The number of hydrogen-bond acceptors (Lipinski definition) is 6. The van der Waals surface area contributed by atoms with Gasteiger partial charge in [0.15, 0.2) is 11.3 Å². The zero-order chi connectivity index (χ0) is 16.9. The number of alkyl halides is 1. The zero-order valence-corrected chi connectivity index (χ0v) is 12.6. The Hall–Kier alpha value is -2.75. The topological polar surface area (TPSA) is 112 Å². The van der Waals surface area contributed by atoms with Gasteiger partial charge in [0.2, 0.25) is 5.91 Å². The molecule has 0 aromatic carbocycles. The van der Waals surface area contributed by atoms with Crippen LogP contribution in [0.3, 0.4) is 0 Å². The lowest BCUT2D eigenvalue weighted by molar-refractivity contribution is -0.122. The molecule has 0 bridgehead atoms. The van der Waals surface area contributed by atoms with E-state index in [9.17, 15) is 14.0 Å². The number of rotatable bonds is 3. The van der Waals surface area contributed by atoms with E-state index < -0.39 is 30.1 Å². The first-order valence-electron chi connectivity index (χ1n) is 7.47. The van der Waals surface area contributed by atoms with Gasteiger partial charge in [-0.1, -0.05) is 0 Å². The van der Waals surface area contributed by atoms with E-state index in [0.717, 1.165) is 0 Å². The molecule has 4 heterocycles. The van der Waals surface area contributed by atoms with Gasteiger partial charge < -0.3 is 15.3 Å². The quantitative estimate of drug-likeness (QED) is 0.676. The Labute approximate surface area is 135 Å². The van der Waals surface area contributed by atoms with E-state index >= 15 is 0 Å². The highest BCUT2D eigenvalue weighted by Gasteiger charge is 2.44. The lowest BCUT2D eigenvalue weighted by Gasteiger charge is -2.44. The summed E-state index contributed by atoms with van der Waals surface area (Å²) in [6.45, 7) is -0.309. The van der Waals surface area contributed by atoms with Crippen molar-refractivity contribution in [3.05, 3.63) is 24.2 Å². The predicted octanol–water partition coefficient (Wildman–Crippen LogP) is -0.827. The molecule has 1 atom stereocenters. The Morgan fingerprint density at radius 2 is 2.21 bits per heavy atom. The lowest BCUT2D eigenvalue weighted by Crippen LogP contribution is -2.61. The molecular weight excluding hydrogens is 319 g/mol. The SMILES string of the molecule is O=C1NCC(c2cc(N3CC(F)(CO)C3)c3nccn3n2)C(=O)N1. The maximum atomic E-state index is 14.0. The number of nitrogens with one attached hydrogen (secondary N) is 2. The Kier molecular flexibility index (Phi) is 3.17. The van der Waals surface area contributed by atoms with Crippen LogP contribution in [-0.4, -0.2) is 63.6 Å². The predicted molar refractivity (Wildman–Crippen MR) is 80.4 cm³/mol. The van der Waals surface area contributed by atoms with Gasteiger partial charge in [-0.3, -0.25) is 10.1 Å². The molecule has 2 saturated heterocycles. The molecule has 126 valence electrons. The molecule has 4 rings (SSSR count). The fourth-order valence-corrected chi connectivity index (χ4v) is 3.00. The summed E-state index contributed by atoms with van der Waals surface area (Å²) in [6, 6.07) is 1.15. The van der Waals surface area contributed by atoms with Crippen LogP contribution in [0.4, 0.5) is 14.9 Å². The van der Waals surface area contributed by atoms with Gasteiger partial charge in [0.1, 0.15) is 0 Å². The molecule has 2 aromatic heterocycles. The fourth-order valence-electron chi connectivity index (χ4n) is 3.00. The molecular formula is C14H15FN6O3. The van der Waals surface area contributed by atoms with E-state index in [1.165, 1.54) is 4.52 Å². The molecule has 0 radical (unpaired) electrons. The molecule has 2 fully saturated rings. The van der Waals surface area contributed by atoms with Crippen LogP contribution in [0.2, 0.25) is 0 Å². The van der Waals surface area contributed by atoms with Crippen molar-refractivity contribution in [2.75, 3.05) is 31.1 Å². The smallest absolute Gasteiger partial charge is 0.321 e. The van der Waals surface area contributed by atoms with Crippen LogP contribution >= 0.6 is 0 Å². The maximum Gasteiger partial charge on any atom is 0.321 e. The standard InChI is InChI=1S/C14H15FN6O3/c15-14(7-22)5-20(6-14)10-3-9(19-21-2-1-16-11(10)21)8-4-17-13(24)18-12(8)23/h1-3,8,22H,4-7H2,(H2,17,18,23,24).